The van der Waals surface area contributed by atoms with Crippen LogP contribution in [0, 0.1) is 0 Å². The van der Waals surface area contributed by atoms with Crippen LogP contribution in [0.1, 0.15) is 36.9 Å². The molecule has 0 saturated heterocycles. The maximum atomic E-state index is 12.8. The largest absolute Gasteiger partial charge is 0.350 e. The number of nitrogens with one attached hydrogen (secondary N) is 1. The Kier molecular flexibility index (Phi) is 5.93. The number of aryl methyl sites for hydroxylation is 1. The van der Waals surface area contributed by atoms with Gasteiger partial charge in [0.25, 0.3) is 0 Å². The lowest BCUT2D eigenvalue weighted by molar-refractivity contribution is 0.301. The Labute approximate surface area is 168 Å². The number of nitrogens with zero attached hydrogens (tertiary/aromatic N) is 2. The number of hydrogen-bond donors (Lipinski definition) is 1. The van der Waals surface area contributed by atoms with Crippen molar-refractivity contribution in [3.8, 4) is 0 Å². The summed E-state index contributed by atoms with van der Waals surface area (Å²) in [5, 5.41) is 1.14. The smallest absolute Gasteiger partial charge is 0.240 e. The Morgan fingerprint density at radius 1 is 1.04 bits per heavy atom. The number of aromatic nitrogens is 1. The fraction of sp³-hybridized carbons (Fsp3) is 0.364. The van der Waals surface area contributed by atoms with Crippen LogP contribution in [0.15, 0.2) is 59.6 Å². The maximum absolute atomic E-state index is 12.8. The first-order chi connectivity index (χ1) is 13.2. The quantitative estimate of drug-likeness (QED) is 0.656. The second-order valence-corrected chi connectivity index (χ2v) is 9.53. The minimum atomic E-state index is -3.57. The summed E-state index contributed by atoms with van der Waals surface area (Å²) >= 11 is 0. The summed E-state index contributed by atoms with van der Waals surface area (Å²) in [6.45, 7) is 4.48. The van der Waals surface area contributed by atoms with Gasteiger partial charge in [0.1, 0.15) is 0 Å². The molecule has 1 atom stereocenters. The van der Waals surface area contributed by atoms with Crippen molar-refractivity contribution in [1.82, 2.24) is 14.2 Å². The van der Waals surface area contributed by atoms with Crippen LogP contribution in [0.5, 0.6) is 0 Å². The fourth-order valence-electron chi connectivity index (χ4n) is 3.51. The van der Waals surface area contributed by atoms with Gasteiger partial charge < -0.3 is 9.47 Å². The summed E-state index contributed by atoms with van der Waals surface area (Å²) in [5.41, 5.74) is 3.37. The van der Waals surface area contributed by atoms with E-state index >= 15 is 0 Å². The molecule has 28 heavy (non-hydrogen) atoms. The van der Waals surface area contributed by atoms with Crippen LogP contribution in [0.25, 0.3) is 10.9 Å². The Bertz CT molecular complexity index is 1050. The van der Waals surface area contributed by atoms with Gasteiger partial charge in [-0.25, -0.2) is 13.1 Å². The molecule has 1 heterocycles. The van der Waals surface area contributed by atoms with Crippen molar-refractivity contribution in [2.45, 2.75) is 30.7 Å². The molecule has 0 aliphatic carbocycles. The number of rotatable bonds is 7. The first-order valence-electron chi connectivity index (χ1n) is 9.50. The number of fused-ring (bicyclic) bond motifs is 1. The minimum absolute atomic E-state index is 0.0733. The molecule has 6 heteroatoms. The lowest BCUT2D eigenvalue weighted by Crippen LogP contribution is -2.34. The summed E-state index contributed by atoms with van der Waals surface area (Å²) in [7, 11) is 2.38. The third kappa shape index (κ3) is 4.14. The first-order valence-corrected chi connectivity index (χ1v) is 11.0. The van der Waals surface area contributed by atoms with Crippen molar-refractivity contribution in [3.05, 3.63) is 65.9 Å². The topological polar surface area (TPSA) is 54.3 Å². The summed E-state index contributed by atoms with van der Waals surface area (Å²) in [4.78, 5) is 2.35. The second kappa shape index (κ2) is 8.07. The molecule has 2 aromatic carbocycles. The average Bonchev–Trinajstić information content (AvgIpc) is 2.98. The molecule has 1 unspecified atom stereocenters. The average molecular weight is 400 g/mol. The summed E-state index contributed by atoms with van der Waals surface area (Å²) in [5.74, 6) is 0.370. The van der Waals surface area contributed by atoms with Crippen LogP contribution in [0.4, 0.5) is 0 Å². The van der Waals surface area contributed by atoms with E-state index in [2.05, 4.69) is 41.5 Å². The van der Waals surface area contributed by atoms with E-state index in [1.165, 1.54) is 0 Å². The Hall–Kier alpha value is -2.15. The van der Waals surface area contributed by atoms with Crippen LogP contribution in [0.3, 0.4) is 0 Å². The molecule has 150 valence electrons. The van der Waals surface area contributed by atoms with Gasteiger partial charge in [-0.1, -0.05) is 44.2 Å². The van der Waals surface area contributed by atoms with Gasteiger partial charge in [-0.05, 0) is 49.3 Å². The highest BCUT2D eigenvalue weighted by atomic mass is 32.2. The predicted octanol–water partition coefficient (Wildman–Crippen LogP) is 3.88. The molecule has 0 amide bonds. The highest BCUT2D eigenvalue weighted by Gasteiger charge is 2.22. The SMILES string of the molecule is CC(C)c1ccc(S(=O)(=O)NCC(c2cn(C)c3ccccc23)N(C)C)cc1. The monoisotopic (exact) mass is 399 g/mol. The van der Waals surface area contributed by atoms with E-state index in [0.717, 1.165) is 22.0 Å². The van der Waals surface area contributed by atoms with Gasteiger partial charge >= 0.3 is 0 Å². The van der Waals surface area contributed by atoms with E-state index in [0.29, 0.717) is 17.4 Å². The molecule has 0 radical (unpaired) electrons. The third-order valence-electron chi connectivity index (χ3n) is 5.23. The van der Waals surface area contributed by atoms with E-state index in [4.69, 9.17) is 0 Å². The molecule has 0 fully saturated rings. The van der Waals surface area contributed by atoms with Crippen molar-refractivity contribution in [2.75, 3.05) is 20.6 Å². The molecular formula is C22H29N3O2S. The molecule has 5 nitrogen and oxygen atoms in total. The van der Waals surface area contributed by atoms with Gasteiger partial charge in [0.2, 0.25) is 10.0 Å². The number of benzene rings is 2. The molecule has 0 aliphatic heterocycles. The molecule has 0 spiro atoms. The number of likely N-dealkylation sites (N-methyl/N-ethyl adjacent to an activating group) is 1. The normalized spacial score (nSPS) is 13.5. The summed E-state index contributed by atoms with van der Waals surface area (Å²) < 4.78 is 30.5. The standard InChI is InChI=1S/C22H29N3O2S/c1-16(2)17-10-12-18(13-11-17)28(26,27)23-14-22(24(3)4)20-15-25(5)21-9-7-6-8-19(20)21/h6-13,15-16,22-23H,14H2,1-5H3. The zero-order valence-electron chi connectivity index (χ0n) is 17.2. The highest BCUT2D eigenvalue weighted by molar-refractivity contribution is 7.89. The van der Waals surface area contributed by atoms with E-state index in [9.17, 15) is 8.42 Å². The molecule has 1 N–H and O–H groups in total. The van der Waals surface area contributed by atoms with Crippen molar-refractivity contribution in [3.63, 3.8) is 0 Å². The predicted molar refractivity (Wildman–Crippen MR) is 115 cm³/mol. The number of hydrogen-bond acceptors (Lipinski definition) is 3. The second-order valence-electron chi connectivity index (χ2n) is 7.77. The molecule has 3 rings (SSSR count). The van der Waals surface area contributed by atoms with Gasteiger partial charge in [0.05, 0.1) is 4.90 Å². The molecule has 1 aromatic heterocycles. The Morgan fingerprint density at radius 3 is 2.29 bits per heavy atom. The zero-order chi connectivity index (χ0) is 20.5. The van der Waals surface area contributed by atoms with E-state index < -0.39 is 10.0 Å². The van der Waals surface area contributed by atoms with E-state index in [1.807, 2.05) is 50.3 Å². The van der Waals surface area contributed by atoms with Crippen molar-refractivity contribution < 1.29 is 8.42 Å². The zero-order valence-corrected chi connectivity index (χ0v) is 18.0. The summed E-state index contributed by atoms with van der Waals surface area (Å²) in [6.07, 6.45) is 2.08. The lowest BCUT2D eigenvalue weighted by atomic mass is 10.0. The van der Waals surface area contributed by atoms with Crippen LogP contribution in [0.2, 0.25) is 0 Å². The fourth-order valence-corrected chi connectivity index (χ4v) is 4.55. The van der Waals surface area contributed by atoms with Crippen LogP contribution in [-0.2, 0) is 17.1 Å². The maximum Gasteiger partial charge on any atom is 0.240 e. The molecule has 0 saturated carbocycles. The van der Waals surface area contributed by atoms with Crippen LogP contribution in [-0.4, -0.2) is 38.5 Å². The first kappa shape index (κ1) is 20.6. The summed E-state index contributed by atoms with van der Waals surface area (Å²) in [6, 6.07) is 15.2. The molecular weight excluding hydrogens is 370 g/mol. The van der Waals surface area contributed by atoms with Gasteiger partial charge in [0, 0.05) is 36.7 Å². The van der Waals surface area contributed by atoms with Gasteiger partial charge in [-0.3, -0.25) is 0 Å². The van der Waals surface area contributed by atoms with E-state index in [1.54, 1.807) is 12.1 Å². The van der Waals surface area contributed by atoms with Crippen LogP contribution < -0.4 is 4.72 Å². The van der Waals surface area contributed by atoms with Crippen LogP contribution >= 0.6 is 0 Å². The van der Waals surface area contributed by atoms with Gasteiger partial charge in [-0.2, -0.15) is 0 Å². The van der Waals surface area contributed by atoms with Gasteiger partial charge in [0.15, 0.2) is 0 Å². The van der Waals surface area contributed by atoms with Crippen molar-refractivity contribution in [1.29, 1.82) is 0 Å². The van der Waals surface area contributed by atoms with E-state index in [-0.39, 0.29) is 6.04 Å². The van der Waals surface area contributed by atoms with Gasteiger partial charge in [-0.15, -0.1) is 0 Å². The lowest BCUT2D eigenvalue weighted by Gasteiger charge is -2.24. The van der Waals surface area contributed by atoms with Crippen molar-refractivity contribution in [2.24, 2.45) is 7.05 Å². The molecule has 0 bridgehead atoms. The number of para-hydroxylation sites is 1. The third-order valence-corrected chi connectivity index (χ3v) is 6.67. The highest BCUT2D eigenvalue weighted by Crippen LogP contribution is 2.28. The Balaban J connectivity index is 1.85. The van der Waals surface area contributed by atoms with Crippen molar-refractivity contribution >= 4 is 20.9 Å². The molecule has 0 aliphatic rings. The number of sulfonamides is 1. The molecule has 3 aromatic rings. The Morgan fingerprint density at radius 2 is 1.68 bits per heavy atom. The minimum Gasteiger partial charge on any atom is -0.350 e.